The fraction of sp³-hybridized carbons (Fsp3) is 0.440. The second-order valence-electron chi connectivity index (χ2n) is 9.08. The number of aromatic nitrogens is 3. The molecule has 0 radical (unpaired) electrons. The standard InChI is InChI=1S/C25H32F3N3OS/c1-6-7-19-8-10-20(11-9-19)22-14-18(2)21(15-29-22)24-30-23(25(26,27)28)16-31(24)17-32-12-13-33(3,4)5/h8-11,14-16H,6-7,12-13,17H2,1-5H3. The number of rotatable bonds is 9. The van der Waals surface area contributed by atoms with Gasteiger partial charge in [-0.3, -0.25) is 4.98 Å². The predicted octanol–water partition coefficient (Wildman–Crippen LogP) is 6.56. The lowest BCUT2D eigenvalue weighted by atomic mass is 10.0. The van der Waals surface area contributed by atoms with Crippen molar-refractivity contribution in [3.05, 3.63) is 59.5 Å². The van der Waals surface area contributed by atoms with Gasteiger partial charge in [-0.05, 0) is 49.3 Å². The first-order valence-electron chi connectivity index (χ1n) is 10.9. The van der Waals surface area contributed by atoms with Crippen LogP contribution in [0.2, 0.25) is 0 Å². The molecule has 0 saturated heterocycles. The van der Waals surface area contributed by atoms with Crippen molar-refractivity contribution in [2.45, 2.75) is 39.6 Å². The lowest BCUT2D eigenvalue weighted by Gasteiger charge is -2.24. The smallest absolute Gasteiger partial charge is 0.360 e. The summed E-state index contributed by atoms with van der Waals surface area (Å²) in [5, 5.41) is 0. The maximum atomic E-state index is 13.4. The lowest BCUT2D eigenvalue weighted by molar-refractivity contribution is -0.141. The fourth-order valence-electron chi connectivity index (χ4n) is 3.42. The highest BCUT2D eigenvalue weighted by atomic mass is 32.3. The van der Waals surface area contributed by atoms with Crippen LogP contribution in [-0.2, 0) is 24.1 Å². The molecule has 0 N–H and O–H groups in total. The first-order valence-corrected chi connectivity index (χ1v) is 13.9. The predicted molar refractivity (Wildman–Crippen MR) is 131 cm³/mol. The van der Waals surface area contributed by atoms with Gasteiger partial charge in [-0.2, -0.15) is 13.2 Å². The molecule has 0 saturated carbocycles. The molecule has 0 spiro atoms. The Labute approximate surface area is 195 Å². The number of hydrogen-bond acceptors (Lipinski definition) is 3. The summed E-state index contributed by atoms with van der Waals surface area (Å²) in [5.74, 6) is 1.09. The van der Waals surface area contributed by atoms with E-state index in [-0.39, 0.29) is 12.6 Å². The summed E-state index contributed by atoms with van der Waals surface area (Å²) in [6.07, 6.45) is 6.71. The van der Waals surface area contributed by atoms with E-state index in [1.54, 1.807) is 6.20 Å². The highest BCUT2D eigenvalue weighted by Gasteiger charge is 2.35. The van der Waals surface area contributed by atoms with Crippen LogP contribution in [0.3, 0.4) is 0 Å². The lowest BCUT2D eigenvalue weighted by Crippen LogP contribution is -2.10. The average molecular weight is 480 g/mol. The fourth-order valence-corrected chi connectivity index (χ4v) is 4.03. The largest absolute Gasteiger partial charge is 0.434 e. The zero-order valence-electron chi connectivity index (χ0n) is 19.9. The molecule has 0 amide bonds. The zero-order chi connectivity index (χ0) is 24.2. The first kappa shape index (κ1) is 25.3. The Morgan fingerprint density at radius 1 is 1.09 bits per heavy atom. The minimum atomic E-state index is -4.53. The summed E-state index contributed by atoms with van der Waals surface area (Å²) in [5.41, 5.74) is 3.44. The molecule has 0 bridgehead atoms. The highest BCUT2D eigenvalue weighted by molar-refractivity contribution is 8.32. The van der Waals surface area contributed by atoms with E-state index in [0.29, 0.717) is 12.2 Å². The Hall–Kier alpha value is -2.32. The molecule has 0 atom stereocenters. The Morgan fingerprint density at radius 3 is 2.36 bits per heavy atom. The third kappa shape index (κ3) is 6.84. The van der Waals surface area contributed by atoms with Crippen LogP contribution in [0, 0.1) is 6.92 Å². The molecule has 4 nitrogen and oxygen atoms in total. The summed E-state index contributed by atoms with van der Waals surface area (Å²) in [6.45, 7) is 4.50. The number of hydrogen-bond donors (Lipinski definition) is 0. The summed E-state index contributed by atoms with van der Waals surface area (Å²) >= 11 is 0. The van der Waals surface area contributed by atoms with Gasteiger partial charge < -0.3 is 9.30 Å². The molecular weight excluding hydrogens is 447 g/mol. The van der Waals surface area contributed by atoms with Gasteiger partial charge in [-0.1, -0.05) is 37.6 Å². The van der Waals surface area contributed by atoms with Crippen molar-refractivity contribution < 1.29 is 17.9 Å². The number of ether oxygens (including phenoxy) is 1. The molecule has 33 heavy (non-hydrogen) atoms. The molecule has 2 heterocycles. The minimum absolute atomic E-state index is 0.00795. The highest BCUT2D eigenvalue weighted by Crippen LogP contribution is 2.34. The van der Waals surface area contributed by atoms with Crippen molar-refractivity contribution in [1.82, 2.24) is 14.5 Å². The topological polar surface area (TPSA) is 39.9 Å². The Morgan fingerprint density at radius 2 is 1.79 bits per heavy atom. The van der Waals surface area contributed by atoms with Gasteiger partial charge in [-0.25, -0.2) is 15.0 Å². The van der Waals surface area contributed by atoms with Gasteiger partial charge in [0.1, 0.15) is 12.6 Å². The third-order valence-electron chi connectivity index (χ3n) is 5.28. The molecule has 0 aliphatic carbocycles. The second-order valence-corrected chi connectivity index (χ2v) is 13.7. The van der Waals surface area contributed by atoms with Crippen LogP contribution in [-0.4, -0.2) is 45.7 Å². The Bertz CT molecular complexity index is 1070. The Kier molecular flexibility index (Phi) is 7.90. The normalized spacial score (nSPS) is 12.8. The maximum absolute atomic E-state index is 13.4. The molecule has 0 aliphatic rings. The van der Waals surface area contributed by atoms with E-state index in [1.807, 2.05) is 25.1 Å². The summed E-state index contributed by atoms with van der Waals surface area (Å²) in [7, 11) is -0.743. The van der Waals surface area contributed by atoms with E-state index in [0.717, 1.165) is 41.6 Å². The van der Waals surface area contributed by atoms with Gasteiger partial charge in [0.15, 0.2) is 5.69 Å². The quantitative estimate of drug-likeness (QED) is 0.326. The SMILES string of the molecule is CCCc1ccc(-c2cc(C)c(-c3nc(C(F)(F)F)cn3COCCS(C)(C)C)cn2)cc1. The number of pyridine rings is 1. The first-order chi connectivity index (χ1) is 15.5. The zero-order valence-corrected chi connectivity index (χ0v) is 20.7. The molecule has 2 aromatic heterocycles. The number of aryl methyl sites for hydroxylation is 2. The van der Waals surface area contributed by atoms with E-state index in [1.165, 1.54) is 10.1 Å². The van der Waals surface area contributed by atoms with E-state index >= 15 is 0 Å². The van der Waals surface area contributed by atoms with E-state index in [2.05, 4.69) is 47.8 Å². The van der Waals surface area contributed by atoms with Crippen LogP contribution < -0.4 is 0 Å². The molecule has 0 unspecified atom stereocenters. The molecular formula is C25H32F3N3OS. The minimum Gasteiger partial charge on any atom is -0.360 e. The van der Waals surface area contributed by atoms with Crippen LogP contribution in [0.1, 0.15) is 30.2 Å². The molecule has 1 aromatic carbocycles. The van der Waals surface area contributed by atoms with Gasteiger partial charge in [0.2, 0.25) is 0 Å². The molecule has 0 aliphatic heterocycles. The number of nitrogens with zero attached hydrogens (tertiary/aromatic N) is 3. The van der Waals surface area contributed by atoms with Crippen LogP contribution in [0.25, 0.3) is 22.6 Å². The van der Waals surface area contributed by atoms with E-state index in [4.69, 9.17) is 4.74 Å². The van der Waals surface area contributed by atoms with Gasteiger partial charge in [-0.15, -0.1) is 0 Å². The molecule has 180 valence electrons. The van der Waals surface area contributed by atoms with E-state index < -0.39 is 21.9 Å². The summed E-state index contributed by atoms with van der Waals surface area (Å²) in [4.78, 5) is 8.43. The molecule has 0 fully saturated rings. The van der Waals surface area contributed by atoms with Crippen LogP contribution in [0.4, 0.5) is 13.2 Å². The summed E-state index contributed by atoms with van der Waals surface area (Å²) < 4.78 is 47.3. The monoisotopic (exact) mass is 479 g/mol. The van der Waals surface area contributed by atoms with Crippen molar-refractivity contribution in [1.29, 1.82) is 0 Å². The van der Waals surface area contributed by atoms with Gasteiger partial charge in [0.05, 0.1) is 12.3 Å². The van der Waals surface area contributed by atoms with Crippen LogP contribution in [0.5, 0.6) is 0 Å². The molecule has 3 aromatic rings. The van der Waals surface area contributed by atoms with Crippen molar-refractivity contribution in [3.8, 4) is 22.6 Å². The van der Waals surface area contributed by atoms with Crippen molar-refractivity contribution >= 4 is 10.0 Å². The molecule has 3 rings (SSSR count). The second kappa shape index (κ2) is 10.3. The van der Waals surface area contributed by atoms with Gasteiger partial charge in [0, 0.05) is 29.3 Å². The van der Waals surface area contributed by atoms with Crippen molar-refractivity contribution in [2.24, 2.45) is 0 Å². The maximum Gasteiger partial charge on any atom is 0.434 e. The van der Waals surface area contributed by atoms with Crippen LogP contribution >= 0.6 is 10.0 Å². The number of imidazole rings is 1. The van der Waals surface area contributed by atoms with Crippen molar-refractivity contribution in [3.63, 3.8) is 0 Å². The van der Waals surface area contributed by atoms with Gasteiger partial charge >= 0.3 is 6.18 Å². The number of halogens is 3. The average Bonchev–Trinajstić information content (AvgIpc) is 3.16. The number of benzene rings is 1. The Balaban J connectivity index is 1.88. The third-order valence-corrected chi connectivity index (χ3v) is 6.67. The summed E-state index contributed by atoms with van der Waals surface area (Å²) in [6, 6.07) is 10.1. The number of alkyl halides is 3. The van der Waals surface area contributed by atoms with Gasteiger partial charge in [0.25, 0.3) is 0 Å². The van der Waals surface area contributed by atoms with Crippen LogP contribution in [0.15, 0.2) is 42.7 Å². The van der Waals surface area contributed by atoms with Crippen molar-refractivity contribution in [2.75, 3.05) is 31.1 Å². The molecule has 8 heteroatoms. The van der Waals surface area contributed by atoms with E-state index in [9.17, 15) is 13.2 Å².